The lowest BCUT2D eigenvalue weighted by atomic mass is 9.88. The van der Waals surface area contributed by atoms with Crippen LogP contribution in [0, 0.1) is 5.41 Å². The van der Waals surface area contributed by atoms with E-state index in [1.807, 2.05) is 0 Å². The van der Waals surface area contributed by atoms with Crippen molar-refractivity contribution in [3.63, 3.8) is 0 Å². The Morgan fingerprint density at radius 1 is 1.40 bits per heavy atom. The predicted octanol–water partition coefficient (Wildman–Crippen LogP) is 2.52. The molecule has 0 spiro atoms. The van der Waals surface area contributed by atoms with Crippen LogP contribution in [-0.2, 0) is 0 Å². The van der Waals surface area contributed by atoms with Gasteiger partial charge in [0.1, 0.15) is 6.04 Å². The van der Waals surface area contributed by atoms with Crippen molar-refractivity contribution in [3.8, 4) is 0 Å². The molecule has 0 aliphatic carbocycles. The molecular formula is C13H23F3N2O2. The van der Waals surface area contributed by atoms with Crippen LogP contribution >= 0.6 is 0 Å². The summed E-state index contributed by atoms with van der Waals surface area (Å²) in [4.78, 5) is 13.3. The fourth-order valence-corrected chi connectivity index (χ4v) is 2.39. The highest BCUT2D eigenvalue weighted by Crippen LogP contribution is 2.31. The molecule has 1 aliphatic heterocycles. The van der Waals surface area contributed by atoms with Gasteiger partial charge in [-0.3, -0.25) is 0 Å². The lowest BCUT2D eigenvalue weighted by Crippen LogP contribution is -2.53. The van der Waals surface area contributed by atoms with Crippen LogP contribution in [0.25, 0.3) is 0 Å². The van der Waals surface area contributed by atoms with Gasteiger partial charge in [0.2, 0.25) is 0 Å². The zero-order chi connectivity index (χ0) is 15.6. The third-order valence-corrected chi connectivity index (χ3v) is 3.36. The molecule has 7 heteroatoms. The number of carbonyl (C=O) groups excluding carboxylic acids is 1. The van der Waals surface area contributed by atoms with E-state index < -0.39 is 23.7 Å². The van der Waals surface area contributed by atoms with Gasteiger partial charge in [-0.2, -0.15) is 13.2 Å². The maximum Gasteiger partial charge on any atom is 0.408 e. The molecule has 1 fully saturated rings. The fraction of sp³-hybridized carbons (Fsp3) is 0.923. The predicted molar refractivity (Wildman–Crippen MR) is 69.3 cm³/mol. The molecular weight excluding hydrogens is 273 g/mol. The smallest absolute Gasteiger partial charge is 0.394 e. The van der Waals surface area contributed by atoms with E-state index in [1.165, 1.54) is 4.90 Å². The number of amides is 2. The molecule has 118 valence electrons. The molecule has 1 saturated heterocycles. The Morgan fingerprint density at radius 3 is 2.45 bits per heavy atom. The van der Waals surface area contributed by atoms with Crippen LogP contribution in [0.15, 0.2) is 0 Å². The van der Waals surface area contributed by atoms with Gasteiger partial charge in [0.15, 0.2) is 0 Å². The van der Waals surface area contributed by atoms with Crippen molar-refractivity contribution in [1.82, 2.24) is 10.2 Å². The molecule has 20 heavy (non-hydrogen) atoms. The van der Waals surface area contributed by atoms with Gasteiger partial charge < -0.3 is 15.3 Å². The number of carbonyl (C=O) groups is 1. The minimum Gasteiger partial charge on any atom is -0.394 e. The first kappa shape index (κ1) is 17.1. The van der Waals surface area contributed by atoms with Gasteiger partial charge in [-0.15, -0.1) is 0 Å². The van der Waals surface area contributed by atoms with Crippen molar-refractivity contribution in [2.45, 2.75) is 58.3 Å². The Bertz CT molecular complexity index is 339. The van der Waals surface area contributed by atoms with Gasteiger partial charge in [0.05, 0.1) is 12.6 Å². The molecule has 0 bridgehead atoms. The normalized spacial score (nSPS) is 21.9. The molecule has 4 nitrogen and oxygen atoms in total. The summed E-state index contributed by atoms with van der Waals surface area (Å²) in [6, 6.07) is -2.98. The molecule has 2 N–H and O–H groups in total. The lowest BCUT2D eigenvalue weighted by Gasteiger charge is -2.31. The number of nitrogens with zero attached hydrogens (tertiary/aromatic N) is 1. The molecule has 1 aliphatic rings. The van der Waals surface area contributed by atoms with E-state index >= 15 is 0 Å². The second kappa shape index (κ2) is 6.20. The molecule has 2 atom stereocenters. The van der Waals surface area contributed by atoms with Crippen LogP contribution in [0.2, 0.25) is 0 Å². The average molecular weight is 296 g/mol. The number of hydrogen-bond donors (Lipinski definition) is 2. The highest BCUT2D eigenvalue weighted by atomic mass is 19.4. The van der Waals surface area contributed by atoms with Crippen LogP contribution in [0.3, 0.4) is 0 Å². The van der Waals surface area contributed by atoms with Gasteiger partial charge >= 0.3 is 12.2 Å². The van der Waals surface area contributed by atoms with E-state index in [2.05, 4.69) is 5.32 Å². The Kier molecular flexibility index (Phi) is 5.29. The fourth-order valence-electron chi connectivity index (χ4n) is 2.39. The first-order chi connectivity index (χ1) is 9.04. The standard InChI is InChI=1S/C13H23F3N2O2/c1-12(2,3)7-10(13(14,15)16)17-11(20)18-6-4-5-9(18)8-19/h9-10,19H,4-8H2,1-3H3,(H,17,20)/t9-,10?/m0/s1. The van der Waals surface area contributed by atoms with Gasteiger partial charge in [-0.25, -0.2) is 4.79 Å². The molecule has 1 rings (SSSR count). The van der Waals surface area contributed by atoms with Gasteiger partial charge in [-0.1, -0.05) is 20.8 Å². The summed E-state index contributed by atoms with van der Waals surface area (Å²) in [6.45, 7) is 5.26. The molecule has 0 radical (unpaired) electrons. The second-order valence-corrected chi connectivity index (χ2v) is 6.48. The number of rotatable bonds is 3. The van der Waals surface area contributed by atoms with E-state index in [-0.39, 0.29) is 19.1 Å². The minimum absolute atomic E-state index is 0.181. The van der Waals surface area contributed by atoms with Gasteiger partial charge in [-0.05, 0) is 24.7 Å². The Labute approximate surface area is 117 Å². The molecule has 0 aromatic rings. The summed E-state index contributed by atoms with van der Waals surface area (Å²) in [5.74, 6) is 0. The average Bonchev–Trinajstić information content (AvgIpc) is 2.72. The van der Waals surface area contributed by atoms with Crippen molar-refractivity contribution in [3.05, 3.63) is 0 Å². The number of halogens is 3. The zero-order valence-electron chi connectivity index (χ0n) is 12.1. The second-order valence-electron chi connectivity index (χ2n) is 6.48. The maximum absolute atomic E-state index is 13.0. The number of urea groups is 1. The molecule has 1 unspecified atom stereocenters. The van der Waals surface area contributed by atoms with E-state index in [9.17, 15) is 18.0 Å². The van der Waals surface area contributed by atoms with Crippen LogP contribution < -0.4 is 5.32 Å². The summed E-state index contributed by atoms with van der Waals surface area (Å²) in [7, 11) is 0. The molecule has 0 aromatic heterocycles. The Hall–Kier alpha value is -0.980. The quantitative estimate of drug-likeness (QED) is 0.841. The van der Waals surface area contributed by atoms with Crippen LogP contribution in [-0.4, -0.2) is 47.4 Å². The summed E-state index contributed by atoms with van der Waals surface area (Å²) in [5.41, 5.74) is -0.547. The lowest BCUT2D eigenvalue weighted by molar-refractivity contribution is -0.159. The number of aliphatic hydroxyl groups is 1. The molecule has 0 aromatic carbocycles. The van der Waals surface area contributed by atoms with Crippen molar-refractivity contribution in [2.24, 2.45) is 5.41 Å². The zero-order valence-corrected chi connectivity index (χ0v) is 12.1. The SMILES string of the molecule is CC(C)(C)CC(NC(=O)N1CCC[C@H]1CO)C(F)(F)F. The van der Waals surface area contributed by atoms with Crippen molar-refractivity contribution in [2.75, 3.05) is 13.2 Å². The number of nitrogens with one attached hydrogen (secondary N) is 1. The minimum atomic E-state index is -4.47. The van der Waals surface area contributed by atoms with E-state index in [1.54, 1.807) is 20.8 Å². The number of alkyl halides is 3. The summed E-state index contributed by atoms with van der Waals surface area (Å²) in [6.07, 6.45) is -3.33. The van der Waals surface area contributed by atoms with Crippen LogP contribution in [0.5, 0.6) is 0 Å². The highest BCUT2D eigenvalue weighted by molar-refractivity contribution is 5.75. The number of likely N-dealkylation sites (tertiary alicyclic amines) is 1. The molecule has 1 heterocycles. The highest BCUT2D eigenvalue weighted by Gasteiger charge is 2.43. The van der Waals surface area contributed by atoms with E-state index in [0.717, 1.165) is 0 Å². The largest absolute Gasteiger partial charge is 0.408 e. The van der Waals surface area contributed by atoms with Crippen molar-refractivity contribution in [1.29, 1.82) is 0 Å². The third-order valence-electron chi connectivity index (χ3n) is 3.36. The monoisotopic (exact) mass is 296 g/mol. The number of aliphatic hydroxyl groups excluding tert-OH is 1. The first-order valence-corrected chi connectivity index (χ1v) is 6.79. The molecule has 0 saturated carbocycles. The van der Waals surface area contributed by atoms with Crippen LogP contribution in [0.4, 0.5) is 18.0 Å². The third kappa shape index (κ3) is 4.85. The van der Waals surface area contributed by atoms with Gasteiger partial charge in [0, 0.05) is 6.54 Å². The summed E-state index contributed by atoms with van der Waals surface area (Å²) >= 11 is 0. The Morgan fingerprint density at radius 2 is 2.00 bits per heavy atom. The molecule has 2 amide bonds. The van der Waals surface area contributed by atoms with E-state index in [4.69, 9.17) is 5.11 Å². The van der Waals surface area contributed by atoms with Crippen LogP contribution in [0.1, 0.15) is 40.0 Å². The summed E-state index contributed by atoms with van der Waals surface area (Å²) < 4.78 is 39.0. The summed E-state index contributed by atoms with van der Waals surface area (Å²) in [5, 5.41) is 11.2. The Balaban J connectivity index is 2.72. The van der Waals surface area contributed by atoms with Crippen molar-refractivity contribution >= 4 is 6.03 Å². The maximum atomic E-state index is 13.0. The number of hydrogen-bond acceptors (Lipinski definition) is 2. The first-order valence-electron chi connectivity index (χ1n) is 6.79. The van der Waals surface area contributed by atoms with E-state index in [0.29, 0.717) is 19.4 Å². The van der Waals surface area contributed by atoms with Crippen molar-refractivity contribution < 1.29 is 23.1 Å². The van der Waals surface area contributed by atoms with Gasteiger partial charge in [0.25, 0.3) is 0 Å². The topological polar surface area (TPSA) is 52.6 Å².